The molecule has 0 atom stereocenters. The van der Waals surface area contributed by atoms with E-state index >= 15 is 0 Å². The van der Waals surface area contributed by atoms with Crippen LogP contribution in [0.1, 0.15) is 49.9 Å². The molecule has 6 rings (SSSR count). The van der Waals surface area contributed by atoms with Crippen molar-refractivity contribution in [3.05, 3.63) is 40.9 Å². The monoisotopic (exact) mass is 385 g/mol. The van der Waals surface area contributed by atoms with E-state index in [1.165, 1.54) is 44.3 Å². The molecule has 27 heavy (non-hydrogen) atoms. The fourth-order valence-electron chi connectivity index (χ4n) is 6.15. The third-order valence-electron chi connectivity index (χ3n) is 6.87. The lowest BCUT2D eigenvalue weighted by Crippen LogP contribution is -2.49. The van der Waals surface area contributed by atoms with E-state index in [1.54, 1.807) is 23.9 Å². The molecule has 0 aliphatic heterocycles. The Kier molecular flexibility index (Phi) is 4.22. The molecule has 0 radical (unpaired) electrons. The van der Waals surface area contributed by atoms with E-state index in [1.807, 2.05) is 12.1 Å². The van der Waals surface area contributed by atoms with Crippen molar-refractivity contribution in [2.24, 2.45) is 24.8 Å². The fourth-order valence-corrected chi connectivity index (χ4v) is 7.02. The number of nitrogens with zero attached hydrogens (tertiary/aromatic N) is 4. The highest BCUT2D eigenvalue weighted by Crippen LogP contribution is 2.60. The molecule has 1 aromatic carbocycles. The summed E-state index contributed by atoms with van der Waals surface area (Å²) >= 11 is 1.67. The van der Waals surface area contributed by atoms with Crippen LogP contribution >= 0.6 is 11.8 Å². The Balaban J connectivity index is 1.32. The lowest BCUT2D eigenvalue weighted by molar-refractivity contribution is -0.0109. The molecule has 1 N–H and O–H groups in total. The predicted octanol–water partition coefficient (Wildman–Crippen LogP) is 4.27. The maximum atomic E-state index is 10.9. The Morgan fingerprint density at radius 3 is 2.26 bits per heavy atom. The highest BCUT2D eigenvalue weighted by Gasteiger charge is 2.53. The van der Waals surface area contributed by atoms with Gasteiger partial charge in [0.1, 0.15) is 5.82 Å². The van der Waals surface area contributed by atoms with Gasteiger partial charge in [0.25, 0.3) is 0 Å². The number of hydrogen-bond acceptors (Lipinski definition) is 6. The molecule has 1 aromatic heterocycles. The molecule has 0 saturated heterocycles. The molecule has 4 fully saturated rings. The molecule has 4 saturated carbocycles. The van der Waals surface area contributed by atoms with Crippen molar-refractivity contribution >= 4 is 17.4 Å². The quantitative estimate of drug-likeness (QED) is 0.612. The first kappa shape index (κ1) is 17.5. The largest absolute Gasteiger partial charge is 0.733 e. The smallest absolute Gasteiger partial charge is 0.191 e. The van der Waals surface area contributed by atoms with Gasteiger partial charge in [-0.15, -0.1) is 10.2 Å². The van der Waals surface area contributed by atoms with Crippen LogP contribution in [0.3, 0.4) is 0 Å². The summed E-state index contributed by atoms with van der Waals surface area (Å²) in [5.74, 6) is 4.65. The number of rotatable bonds is 5. The maximum absolute atomic E-state index is 10.9. The number of anilines is 1. The van der Waals surface area contributed by atoms with Gasteiger partial charge in [-0.25, -0.2) is 0 Å². The van der Waals surface area contributed by atoms with Gasteiger partial charge in [0.2, 0.25) is 0 Å². The summed E-state index contributed by atoms with van der Waals surface area (Å²) in [6, 6.07) is 6.97. The van der Waals surface area contributed by atoms with E-state index in [9.17, 15) is 5.21 Å². The van der Waals surface area contributed by atoms with Gasteiger partial charge in [-0.1, -0.05) is 23.9 Å². The van der Waals surface area contributed by atoms with Gasteiger partial charge in [-0.2, -0.15) is 0 Å². The molecular weight excluding hydrogens is 360 g/mol. The zero-order valence-corrected chi connectivity index (χ0v) is 16.4. The molecule has 4 bridgehead atoms. The summed E-state index contributed by atoms with van der Waals surface area (Å²) < 4.78 is 2.22. The van der Waals surface area contributed by atoms with Crippen molar-refractivity contribution < 1.29 is 5.21 Å². The molecule has 144 valence electrons. The number of hydrogen-bond donors (Lipinski definition) is 1. The third kappa shape index (κ3) is 3.05. The van der Waals surface area contributed by atoms with E-state index < -0.39 is 0 Å². The van der Waals surface area contributed by atoms with Crippen molar-refractivity contribution in [2.75, 3.05) is 5.23 Å². The van der Waals surface area contributed by atoms with Crippen LogP contribution in [0.15, 0.2) is 29.4 Å². The van der Waals surface area contributed by atoms with Crippen LogP contribution in [0.2, 0.25) is 0 Å². The van der Waals surface area contributed by atoms with Gasteiger partial charge < -0.3 is 15.0 Å². The normalized spacial score (nSPS) is 31.4. The van der Waals surface area contributed by atoms with E-state index in [-0.39, 0.29) is 16.3 Å². The Labute approximate surface area is 163 Å². The maximum Gasteiger partial charge on any atom is 0.191 e. The average Bonchev–Trinajstić information content (AvgIpc) is 3.00. The minimum absolute atomic E-state index is 0.114. The van der Waals surface area contributed by atoms with Gasteiger partial charge in [0, 0.05) is 18.2 Å². The van der Waals surface area contributed by atoms with E-state index in [4.69, 9.17) is 5.21 Å². The van der Waals surface area contributed by atoms with Crippen LogP contribution in [0.4, 0.5) is 5.69 Å². The standard InChI is InChI=1S/C20H25N4O2S/c1-23-18(20-9-14-6-15(10-20)8-16(7-14)11-20)21-22-19(23)27-12-13-2-4-17(5-3-13)24(25)26/h2-5,14-16,25H,6-12H2,1H3/q-1. The van der Waals surface area contributed by atoms with Crippen LogP contribution < -0.4 is 5.23 Å². The minimum atomic E-state index is -0.114. The molecule has 6 nitrogen and oxygen atoms in total. The van der Waals surface area contributed by atoms with Crippen LogP contribution in [0.25, 0.3) is 0 Å². The van der Waals surface area contributed by atoms with E-state index in [0.717, 1.165) is 34.2 Å². The van der Waals surface area contributed by atoms with Gasteiger partial charge >= 0.3 is 0 Å². The minimum Gasteiger partial charge on any atom is -0.733 e. The molecule has 7 heteroatoms. The van der Waals surface area contributed by atoms with Crippen LogP contribution in [-0.2, 0) is 18.2 Å². The molecule has 4 aliphatic rings. The molecule has 1 heterocycles. The molecule has 0 unspecified atom stereocenters. The van der Waals surface area contributed by atoms with Crippen molar-refractivity contribution in [3.63, 3.8) is 0 Å². The molecule has 2 aromatic rings. The first-order valence-electron chi connectivity index (χ1n) is 9.80. The zero-order chi connectivity index (χ0) is 18.6. The van der Waals surface area contributed by atoms with Gasteiger partial charge in [-0.3, -0.25) is 5.21 Å². The van der Waals surface area contributed by atoms with E-state index in [0.29, 0.717) is 0 Å². The number of thioether (sulfide) groups is 1. The SMILES string of the molecule is Cn1c(SCc2ccc(N([O-])O)cc2)nnc1C12CC3CC(CC(C3)C1)C2. The fraction of sp³-hybridized carbons (Fsp3) is 0.600. The predicted molar refractivity (Wildman–Crippen MR) is 104 cm³/mol. The number of benzene rings is 1. The van der Waals surface area contributed by atoms with Crippen molar-refractivity contribution in [3.8, 4) is 0 Å². The second-order valence-electron chi connectivity index (χ2n) is 8.79. The Morgan fingerprint density at radius 1 is 1.11 bits per heavy atom. The van der Waals surface area contributed by atoms with Crippen molar-refractivity contribution in [1.29, 1.82) is 0 Å². The van der Waals surface area contributed by atoms with Gasteiger partial charge in [-0.05, 0) is 74.0 Å². The Morgan fingerprint density at radius 2 is 1.70 bits per heavy atom. The lowest BCUT2D eigenvalue weighted by atomic mass is 9.49. The van der Waals surface area contributed by atoms with Crippen LogP contribution in [-0.4, -0.2) is 20.0 Å². The lowest BCUT2D eigenvalue weighted by Gasteiger charge is -2.56. The number of aromatic nitrogens is 3. The van der Waals surface area contributed by atoms with Crippen LogP contribution in [0.5, 0.6) is 0 Å². The molecule has 4 aliphatic carbocycles. The topological polar surface area (TPSA) is 77.2 Å². The molecule has 0 spiro atoms. The first-order valence-corrected chi connectivity index (χ1v) is 10.8. The Hall–Kier alpha value is -1.57. The second-order valence-corrected chi connectivity index (χ2v) is 9.73. The second kappa shape index (κ2) is 6.50. The van der Waals surface area contributed by atoms with Gasteiger partial charge in [0.15, 0.2) is 5.16 Å². The van der Waals surface area contributed by atoms with E-state index in [2.05, 4.69) is 21.8 Å². The summed E-state index contributed by atoms with van der Waals surface area (Å²) in [4.78, 5) is 0. The summed E-state index contributed by atoms with van der Waals surface area (Å²) in [5.41, 5.74) is 1.59. The van der Waals surface area contributed by atoms with Crippen molar-refractivity contribution in [2.45, 2.75) is 54.8 Å². The first-order chi connectivity index (χ1) is 13.0. The molecular formula is C20H25N4O2S-. The van der Waals surface area contributed by atoms with Crippen LogP contribution in [0, 0.1) is 23.0 Å². The summed E-state index contributed by atoms with van der Waals surface area (Å²) in [7, 11) is 2.11. The summed E-state index contributed by atoms with van der Waals surface area (Å²) in [6.07, 6.45) is 8.19. The highest BCUT2D eigenvalue weighted by atomic mass is 32.2. The average molecular weight is 386 g/mol. The summed E-state index contributed by atoms with van der Waals surface area (Å²) in [6.45, 7) is 0. The van der Waals surface area contributed by atoms with Crippen molar-refractivity contribution in [1.82, 2.24) is 14.8 Å². The third-order valence-corrected chi connectivity index (χ3v) is 7.96. The zero-order valence-electron chi connectivity index (χ0n) is 15.5. The Bertz CT molecular complexity index is 798. The summed E-state index contributed by atoms with van der Waals surface area (Å²) in [5, 5.41) is 29.8. The molecule has 0 amide bonds. The van der Waals surface area contributed by atoms with Gasteiger partial charge in [0.05, 0.1) is 5.69 Å². The highest BCUT2D eigenvalue weighted by molar-refractivity contribution is 7.98.